The Labute approximate surface area is 114 Å². The van der Waals surface area contributed by atoms with Crippen molar-refractivity contribution in [3.05, 3.63) is 52.0 Å². The van der Waals surface area contributed by atoms with E-state index >= 15 is 0 Å². The molecule has 2 rings (SSSR count). The quantitative estimate of drug-likeness (QED) is 0.923. The number of hydrogen-bond donors (Lipinski definition) is 1. The fourth-order valence-electron chi connectivity index (χ4n) is 1.51. The monoisotopic (exact) mass is 285 g/mol. The summed E-state index contributed by atoms with van der Waals surface area (Å²) in [6.45, 7) is 1.90. The Morgan fingerprint density at radius 2 is 1.89 bits per heavy atom. The first-order chi connectivity index (χ1) is 8.56. The van der Waals surface area contributed by atoms with Crippen LogP contribution in [0.25, 0.3) is 0 Å². The lowest BCUT2D eigenvalue weighted by atomic mass is 10.1. The van der Waals surface area contributed by atoms with Gasteiger partial charge in [0.25, 0.3) is 0 Å². The maximum Gasteiger partial charge on any atom is 0.223 e. The second-order valence-electron chi connectivity index (χ2n) is 3.76. The lowest BCUT2D eigenvalue weighted by Crippen LogP contribution is -2.09. The minimum atomic E-state index is -0.474. The average molecular weight is 286 g/mol. The Bertz CT molecular complexity index is 546. The predicted octanol–water partition coefficient (Wildman–Crippen LogP) is 4.10. The molecule has 0 radical (unpaired) electrons. The number of nitrogens with one attached hydrogen (secondary N) is 1. The Morgan fingerprint density at radius 3 is 2.50 bits per heavy atom. The van der Waals surface area contributed by atoms with Gasteiger partial charge in [-0.25, -0.2) is 14.4 Å². The molecule has 0 fully saturated rings. The summed E-state index contributed by atoms with van der Waals surface area (Å²) in [4.78, 5) is 7.65. The van der Waals surface area contributed by atoms with Crippen LogP contribution in [0.5, 0.6) is 0 Å². The van der Waals surface area contributed by atoms with Gasteiger partial charge < -0.3 is 5.32 Å². The maximum absolute atomic E-state index is 12.7. The van der Waals surface area contributed by atoms with Crippen molar-refractivity contribution in [2.24, 2.45) is 0 Å². The molecule has 0 amide bonds. The molecule has 18 heavy (non-hydrogen) atoms. The molecule has 1 aromatic heterocycles. The first-order valence-corrected chi connectivity index (χ1v) is 6.01. The zero-order valence-electron chi connectivity index (χ0n) is 9.49. The summed E-state index contributed by atoms with van der Waals surface area (Å²) in [6.07, 6.45) is 2.21. The van der Waals surface area contributed by atoms with Gasteiger partial charge in [0, 0.05) is 10.0 Å². The highest BCUT2D eigenvalue weighted by atomic mass is 35.5. The molecular weight excluding hydrogens is 276 g/mol. The van der Waals surface area contributed by atoms with E-state index in [1.165, 1.54) is 0 Å². The van der Waals surface area contributed by atoms with Crippen molar-refractivity contribution in [2.75, 3.05) is 5.32 Å². The zero-order chi connectivity index (χ0) is 13.1. The maximum atomic E-state index is 12.7. The summed E-state index contributed by atoms with van der Waals surface area (Å²) < 4.78 is 12.7. The molecule has 6 heteroatoms. The molecule has 0 aliphatic heterocycles. The molecule has 1 N–H and O–H groups in total. The van der Waals surface area contributed by atoms with Gasteiger partial charge in [0.05, 0.1) is 18.4 Å². The second-order valence-corrected chi connectivity index (χ2v) is 4.60. The Kier molecular flexibility index (Phi) is 3.99. The highest BCUT2D eigenvalue weighted by Gasteiger charge is 2.11. The fourth-order valence-corrected chi connectivity index (χ4v) is 2.08. The number of halogens is 3. The zero-order valence-corrected chi connectivity index (χ0v) is 11.0. The van der Waals surface area contributed by atoms with Crippen LogP contribution < -0.4 is 5.32 Å². The van der Waals surface area contributed by atoms with Gasteiger partial charge in [0.2, 0.25) is 5.95 Å². The van der Waals surface area contributed by atoms with Gasteiger partial charge in [-0.1, -0.05) is 29.3 Å². The lowest BCUT2D eigenvalue weighted by molar-refractivity contribution is 0.613. The van der Waals surface area contributed by atoms with E-state index in [1.807, 2.05) is 13.0 Å². The highest BCUT2D eigenvalue weighted by molar-refractivity contribution is 6.35. The van der Waals surface area contributed by atoms with Crippen molar-refractivity contribution in [1.29, 1.82) is 0 Å². The summed E-state index contributed by atoms with van der Waals surface area (Å²) in [7, 11) is 0. The third kappa shape index (κ3) is 3.09. The fraction of sp³-hybridized carbons (Fsp3) is 0.167. The summed E-state index contributed by atoms with van der Waals surface area (Å²) in [5, 5.41) is 4.17. The van der Waals surface area contributed by atoms with Gasteiger partial charge in [0.15, 0.2) is 5.82 Å². The molecule has 0 saturated carbocycles. The molecule has 3 nitrogen and oxygen atoms in total. The molecule has 1 unspecified atom stereocenters. The molecule has 0 bridgehead atoms. The summed E-state index contributed by atoms with van der Waals surface area (Å²) in [5.74, 6) is -0.132. The molecule has 1 heterocycles. The highest BCUT2D eigenvalue weighted by Crippen LogP contribution is 2.27. The molecule has 94 valence electrons. The number of benzene rings is 1. The SMILES string of the molecule is CC(Nc1ncc(F)cn1)c1ccc(Cl)cc1Cl. The third-order valence-corrected chi connectivity index (χ3v) is 2.96. The summed E-state index contributed by atoms with van der Waals surface area (Å²) in [6, 6.07) is 5.14. The summed E-state index contributed by atoms with van der Waals surface area (Å²) in [5.41, 5.74) is 0.869. The van der Waals surface area contributed by atoms with E-state index in [0.29, 0.717) is 16.0 Å². The first-order valence-electron chi connectivity index (χ1n) is 5.25. The second kappa shape index (κ2) is 5.50. The molecule has 0 aliphatic rings. The Balaban J connectivity index is 2.16. The lowest BCUT2D eigenvalue weighted by Gasteiger charge is -2.15. The van der Waals surface area contributed by atoms with E-state index in [2.05, 4.69) is 15.3 Å². The van der Waals surface area contributed by atoms with Gasteiger partial charge in [0.1, 0.15) is 0 Å². The normalized spacial score (nSPS) is 12.2. The van der Waals surface area contributed by atoms with E-state index in [4.69, 9.17) is 23.2 Å². The van der Waals surface area contributed by atoms with E-state index in [-0.39, 0.29) is 6.04 Å². The van der Waals surface area contributed by atoms with Crippen LogP contribution in [0.3, 0.4) is 0 Å². The van der Waals surface area contributed by atoms with E-state index in [1.54, 1.807) is 12.1 Å². The standard InChI is InChI=1S/C12H10Cl2FN3/c1-7(10-3-2-8(13)4-11(10)14)18-12-16-5-9(15)6-17-12/h2-7H,1H3,(H,16,17,18). The van der Waals surface area contributed by atoms with Crippen LogP contribution in [0, 0.1) is 5.82 Å². The number of nitrogens with zero attached hydrogens (tertiary/aromatic N) is 2. The minimum absolute atomic E-state index is 0.111. The van der Waals surface area contributed by atoms with Gasteiger partial charge >= 0.3 is 0 Å². The van der Waals surface area contributed by atoms with Crippen LogP contribution in [0.15, 0.2) is 30.6 Å². The van der Waals surface area contributed by atoms with E-state index in [9.17, 15) is 4.39 Å². The van der Waals surface area contributed by atoms with Crippen LogP contribution in [-0.2, 0) is 0 Å². The first kappa shape index (κ1) is 13.1. The van der Waals surface area contributed by atoms with E-state index in [0.717, 1.165) is 18.0 Å². The van der Waals surface area contributed by atoms with Crippen LogP contribution in [0.2, 0.25) is 10.0 Å². The van der Waals surface area contributed by atoms with Crippen molar-refractivity contribution in [3.8, 4) is 0 Å². The van der Waals surface area contributed by atoms with Gasteiger partial charge in [-0.3, -0.25) is 0 Å². The van der Waals surface area contributed by atoms with Crippen molar-refractivity contribution < 1.29 is 4.39 Å². The number of rotatable bonds is 3. The molecule has 1 aromatic carbocycles. The van der Waals surface area contributed by atoms with Gasteiger partial charge in [-0.05, 0) is 24.6 Å². The molecular formula is C12H10Cl2FN3. The van der Waals surface area contributed by atoms with Crippen molar-refractivity contribution >= 4 is 29.2 Å². The van der Waals surface area contributed by atoms with Crippen LogP contribution in [0.4, 0.5) is 10.3 Å². The predicted molar refractivity (Wildman–Crippen MR) is 70.5 cm³/mol. The minimum Gasteiger partial charge on any atom is -0.348 e. The van der Waals surface area contributed by atoms with Crippen molar-refractivity contribution in [2.45, 2.75) is 13.0 Å². The molecule has 2 aromatic rings. The largest absolute Gasteiger partial charge is 0.348 e. The van der Waals surface area contributed by atoms with Gasteiger partial charge in [-0.15, -0.1) is 0 Å². The third-order valence-electron chi connectivity index (χ3n) is 2.39. The van der Waals surface area contributed by atoms with Crippen LogP contribution in [-0.4, -0.2) is 9.97 Å². The number of anilines is 1. The average Bonchev–Trinajstić information content (AvgIpc) is 2.32. The molecule has 0 aliphatic carbocycles. The smallest absolute Gasteiger partial charge is 0.223 e. The summed E-state index contributed by atoms with van der Waals surface area (Å²) >= 11 is 11.9. The van der Waals surface area contributed by atoms with E-state index < -0.39 is 5.82 Å². The van der Waals surface area contributed by atoms with Crippen molar-refractivity contribution in [1.82, 2.24) is 9.97 Å². The number of aromatic nitrogens is 2. The molecule has 0 saturated heterocycles. The van der Waals surface area contributed by atoms with Gasteiger partial charge in [-0.2, -0.15) is 0 Å². The molecule has 0 spiro atoms. The topological polar surface area (TPSA) is 37.8 Å². The van der Waals surface area contributed by atoms with Crippen molar-refractivity contribution in [3.63, 3.8) is 0 Å². The Hall–Kier alpha value is -1.39. The molecule has 1 atom stereocenters. The van der Waals surface area contributed by atoms with Crippen LogP contribution in [0.1, 0.15) is 18.5 Å². The van der Waals surface area contributed by atoms with Crippen LogP contribution >= 0.6 is 23.2 Å². The number of hydrogen-bond acceptors (Lipinski definition) is 3. The Morgan fingerprint density at radius 1 is 1.22 bits per heavy atom.